The van der Waals surface area contributed by atoms with Crippen LogP contribution in [0, 0.1) is 0 Å². The molecule has 1 heterocycles. The smallest absolute Gasteiger partial charge is 0.271 e. The van der Waals surface area contributed by atoms with E-state index in [1.807, 2.05) is 0 Å². The van der Waals surface area contributed by atoms with Crippen molar-refractivity contribution in [3.05, 3.63) is 17.8 Å². The molecular formula is C12H19N5O. The average Bonchev–Trinajstić information content (AvgIpc) is 2.41. The Balaban J connectivity index is 1.99. The van der Waals surface area contributed by atoms with Gasteiger partial charge in [-0.25, -0.2) is 0 Å². The largest absolute Gasteiger partial charge is 0.364 e. The number of nitrogens with two attached hydrogens (primary N) is 1. The molecule has 1 amide bonds. The minimum absolute atomic E-state index is 0.166. The van der Waals surface area contributed by atoms with Gasteiger partial charge in [-0.1, -0.05) is 12.8 Å². The van der Waals surface area contributed by atoms with E-state index in [-0.39, 0.29) is 18.0 Å². The highest BCUT2D eigenvalue weighted by Gasteiger charge is 2.21. The van der Waals surface area contributed by atoms with Gasteiger partial charge in [-0.15, -0.1) is 10.2 Å². The monoisotopic (exact) mass is 249 g/mol. The molecule has 98 valence electrons. The zero-order valence-electron chi connectivity index (χ0n) is 10.5. The van der Waals surface area contributed by atoms with Crippen molar-refractivity contribution in [3.8, 4) is 0 Å². The lowest BCUT2D eigenvalue weighted by molar-refractivity contribution is 0.0957. The van der Waals surface area contributed by atoms with Gasteiger partial charge in [0.15, 0.2) is 5.69 Å². The first-order valence-corrected chi connectivity index (χ1v) is 6.28. The summed E-state index contributed by atoms with van der Waals surface area (Å²) in [5.41, 5.74) is 6.37. The normalized spacial score (nSPS) is 23.4. The molecular weight excluding hydrogens is 230 g/mol. The number of aromatic nitrogens is 2. The molecule has 1 saturated carbocycles. The van der Waals surface area contributed by atoms with Crippen LogP contribution < -0.4 is 16.4 Å². The second kappa shape index (κ2) is 5.77. The number of carbonyl (C=O) groups excluding carboxylic acids is 1. The highest BCUT2D eigenvalue weighted by molar-refractivity contribution is 5.91. The molecule has 0 aliphatic heterocycles. The molecule has 2 atom stereocenters. The van der Waals surface area contributed by atoms with E-state index in [2.05, 4.69) is 20.8 Å². The second-order valence-corrected chi connectivity index (χ2v) is 4.58. The molecule has 0 radical (unpaired) electrons. The van der Waals surface area contributed by atoms with Crippen molar-refractivity contribution in [1.82, 2.24) is 15.5 Å². The lowest BCUT2D eigenvalue weighted by Crippen LogP contribution is -2.42. The Kier molecular flexibility index (Phi) is 4.09. The topological polar surface area (TPSA) is 92.9 Å². The number of rotatable bonds is 3. The van der Waals surface area contributed by atoms with Gasteiger partial charge in [0, 0.05) is 19.1 Å². The first-order chi connectivity index (χ1) is 8.70. The van der Waals surface area contributed by atoms with E-state index < -0.39 is 0 Å². The summed E-state index contributed by atoms with van der Waals surface area (Å²) in [6, 6.07) is 3.83. The van der Waals surface area contributed by atoms with Gasteiger partial charge in [-0.05, 0) is 25.0 Å². The summed E-state index contributed by atoms with van der Waals surface area (Å²) in [6.45, 7) is 0. The Bertz CT molecular complexity index is 405. The van der Waals surface area contributed by atoms with Crippen molar-refractivity contribution in [3.63, 3.8) is 0 Å². The predicted octanol–water partition coefficient (Wildman–Crippen LogP) is 0.518. The quantitative estimate of drug-likeness (QED) is 0.726. The fourth-order valence-electron chi connectivity index (χ4n) is 2.19. The third-order valence-corrected chi connectivity index (χ3v) is 3.28. The van der Waals surface area contributed by atoms with Crippen LogP contribution in [0.1, 0.15) is 36.2 Å². The summed E-state index contributed by atoms with van der Waals surface area (Å²) in [7, 11) is 1.57. The second-order valence-electron chi connectivity index (χ2n) is 4.58. The van der Waals surface area contributed by atoms with Crippen LogP contribution in [0.25, 0.3) is 0 Å². The summed E-state index contributed by atoms with van der Waals surface area (Å²) in [4.78, 5) is 11.3. The predicted molar refractivity (Wildman–Crippen MR) is 69.3 cm³/mol. The number of amides is 1. The fourth-order valence-corrected chi connectivity index (χ4v) is 2.19. The average molecular weight is 249 g/mol. The number of anilines is 1. The molecule has 0 aromatic carbocycles. The van der Waals surface area contributed by atoms with Gasteiger partial charge in [0.25, 0.3) is 5.91 Å². The van der Waals surface area contributed by atoms with Gasteiger partial charge in [0.05, 0.1) is 0 Å². The van der Waals surface area contributed by atoms with E-state index in [9.17, 15) is 4.79 Å². The minimum Gasteiger partial charge on any atom is -0.364 e. The molecule has 18 heavy (non-hydrogen) atoms. The highest BCUT2D eigenvalue weighted by Crippen LogP contribution is 2.19. The summed E-state index contributed by atoms with van der Waals surface area (Å²) < 4.78 is 0. The van der Waals surface area contributed by atoms with Crippen LogP contribution >= 0.6 is 0 Å². The van der Waals surface area contributed by atoms with Gasteiger partial charge in [-0.3, -0.25) is 4.79 Å². The molecule has 0 saturated heterocycles. The SMILES string of the molecule is CNC(=O)c1ccc(NC2CCCCC2N)nn1. The lowest BCUT2D eigenvalue weighted by atomic mass is 9.91. The Morgan fingerprint density at radius 3 is 2.72 bits per heavy atom. The molecule has 2 rings (SSSR count). The molecule has 6 nitrogen and oxygen atoms in total. The number of nitrogens with one attached hydrogen (secondary N) is 2. The van der Waals surface area contributed by atoms with Crippen molar-refractivity contribution in [2.24, 2.45) is 5.73 Å². The van der Waals surface area contributed by atoms with Gasteiger partial charge < -0.3 is 16.4 Å². The Morgan fingerprint density at radius 2 is 2.11 bits per heavy atom. The number of hydrogen-bond donors (Lipinski definition) is 3. The van der Waals surface area contributed by atoms with Gasteiger partial charge in [0.2, 0.25) is 0 Å². The molecule has 6 heteroatoms. The molecule has 1 aromatic heterocycles. The van der Waals surface area contributed by atoms with Crippen LogP contribution in [0.15, 0.2) is 12.1 Å². The van der Waals surface area contributed by atoms with Crippen LogP contribution in [0.2, 0.25) is 0 Å². The van der Waals surface area contributed by atoms with Crippen LogP contribution in [0.4, 0.5) is 5.82 Å². The first kappa shape index (κ1) is 12.8. The first-order valence-electron chi connectivity index (χ1n) is 6.28. The molecule has 1 aromatic rings. The summed E-state index contributed by atoms with van der Waals surface area (Å²) in [5.74, 6) is 0.438. The van der Waals surface area contributed by atoms with Gasteiger partial charge in [-0.2, -0.15) is 0 Å². The maximum atomic E-state index is 11.3. The third-order valence-electron chi connectivity index (χ3n) is 3.28. The zero-order chi connectivity index (χ0) is 13.0. The van der Waals surface area contributed by atoms with Crippen LogP contribution in [-0.2, 0) is 0 Å². The van der Waals surface area contributed by atoms with E-state index >= 15 is 0 Å². The van der Waals surface area contributed by atoms with Crippen molar-refractivity contribution in [1.29, 1.82) is 0 Å². The molecule has 0 spiro atoms. The third kappa shape index (κ3) is 2.95. The van der Waals surface area contributed by atoms with E-state index in [0.717, 1.165) is 12.8 Å². The zero-order valence-corrected chi connectivity index (χ0v) is 10.5. The fraction of sp³-hybridized carbons (Fsp3) is 0.583. The van der Waals surface area contributed by atoms with Crippen molar-refractivity contribution >= 4 is 11.7 Å². The molecule has 4 N–H and O–H groups in total. The van der Waals surface area contributed by atoms with E-state index in [4.69, 9.17) is 5.73 Å². The van der Waals surface area contributed by atoms with Gasteiger partial charge in [0.1, 0.15) is 5.82 Å². The van der Waals surface area contributed by atoms with Crippen molar-refractivity contribution < 1.29 is 4.79 Å². The maximum absolute atomic E-state index is 11.3. The number of nitrogens with zero attached hydrogens (tertiary/aromatic N) is 2. The maximum Gasteiger partial charge on any atom is 0.271 e. The van der Waals surface area contributed by atoms with Crippen LogP contribution in [0.5, 0.6) is 0 Å². The lowest BCUT2D eigenvalue weighted by Gasteiger charge is -2.29. The standard InChI is InChI=1S/C12H19N5O/c1-14-12(18)10-6-7-11(17-16-10)15-9-5-3-2-4-8(9)13/h6-9H,2-5,13H2,1H3,(H,14,18)(H,15,17). The summed E-state index contributed by atoms with van der Waals surface area (Å²) in [6.07, 6.45) is 4.48. The van der Waals surface area contributed by atoms with Crippen LogP contribution in [-0.4, -0.2) is 35.2 Å². The van der Waals surface area contributed by atoms with Crippen molar-refractivity contribution in [2.45, 2.75) is 37.8 Å². The Hall–Kier alpha value is -1.69. The van der Waals surface area contributed by atoms with E-state index in [1.54, 1.807) is 19.2 Å². The van der Waals surface area contributed by atoms with E-state index in [1.165, 1.54) is 12.8 Å². The Morgan fingerprint density at radius 1 is 1.33 bits per heavy atom. The molecule has 1 aliphatic rings. The highest BCUT2D eigenvalue weighted by atomic mass is 16.1. The molecule has 1 aliphatic carbocycles. The van der Waals surface area contributed by atoms with Gasteiger partial charge >= 0.3 is 0 Å². The summed E-state index contributed by atoms with van der Waals surface area (Å²) in [5, 5.41) is 13.7. The minimum atomic E-state index is -0.233. The number of hydrogen-bond acceptors (Lipinski definition) is 5. The summed E-state index contributed by atoms with van der Waals surface area (Å²) >= 11 is 0. The van der Waals surface area contributed by atoms with Crippen molar-refractivity contribution in [2.75, 3.05) is 12.4 Å². The van der Waals surface area contributed by atoms with Crippen LogP contribution in [0.3, 0.4) is 0 Å². The molecule has 1 fully saturated rings. The Labute approximate surface area is 106 Å². The van der Waals surface area contributed by atoms with E-state index in [0.29, 0.717) is 11.5 Å². The number of carbonyl (C=O) groups is 1. The molecule has 0 bridgehead atoms. The molecule has 2 unspecified atom stereocenters.